The van der Waals surface area contributed by atoms with Crippen LogP contribution in [0.5, 0.6) is 0 Å². The van der Waals surface area contributed by atoms with Gasteiger partial charge in [-0.15, -0.1) is 0 Å². The van der Waals surface area contributed by atoms with Gasteiger partial charge in [0.25, 0.3) is 0 Å². The minimum absolute atomic E-state index is 0.0255. The maximum Gasteiger partial charge on any atom is 0.0726 e. The highest BCUT2D eigenvalue weighted by atomic mass is 15.1. The molecule has 1 saturated carbocycles. The van der Waals surface area contributed by atoms with Crippen molar-refractivity contribution in [1.29, 1.82) is 0 Å². The van der Waals surface area contributed by atoms with Crippen LogP contribution in [0.2, 0.25) is 0 Å². The molecule has 1 heteroatoms. The zero-order chi connectivity index (χ0) is 49.1. The lowest BCUT2D eigenvalue weighted by atomic mass is 9.68. The molecule has 0 unspecified atom stereocenters. The van der Waals surface area contributed by atoms with Crippen molar-refractivity contribution in [2.45, 2.75) is 108 Å². The lowest BCUT2D eigenvalue weighted by Crippen LogP contribution is -2.27. The monoisotopic (exact) mass is 929 g/mol. The van der Waals surface area contributed by atoms with E-state index >= 15 is 0 Å². The maximum atomic E-state index is 2.64. The molecule has 0 heterocycles. The quantitative estimate of drug-likeness (QED) is 0.170. The summed E-state index contributed by atoms with van der Waals surface area (Å²) in [5, 5.41) is 0. The molecule has 14 rings (SSSR count). The molecule has 5 aliphatic rings. The summed E-state index contributed by atoms with van der Waals surface area (Å²) in [5.74, 6) is 0. The molecule has 0 atom stereocenters. The van der Waals surface area contributed by atoms with Crippen molar-refractivity contribution in [1.82, 2.24) is 0 Å². The lowest BCUT2D eigenvalue weighted by molar-refractivity contribution is 0.550. The fourth-order valence-corrected chi connectivity index (χ4v) is 14.7. The standard InChI is InChI=1S/C71H63N/c1-67(2,3)44-30-34-52-53-35-31-45(68(4,5)6)41-63(53)71(62(52)40-44)60-28-15-11-21-49(60)54-37-33-47(43-64(54)71)72(46-32-36-51-48-20-10-14-27-59(48)70(61(51)42-46)38-17-18-39-70)65-29-16-12-23-55(65)57-25-19-24-56-50-22-9-13-26-58(50)69(7,8)66(56)57/h9-16,19-37,40-43H,17-18,38-39H2,1-8H3. The number of nitrogens with zero attached hydrogens (tertiary/aromatic N) is 1. The van der Waals surface area contributed by atoms with Crippen molar-refractivity contribution in [3.8, 4) is 55.6 Å². The molecule has 9 aromatic carbocycles. The Labute approximate surface area is 427 Å². The molecule has 2 spiro atoms. The Hall–Kier alpha value is -7.22. The van der Waals surface area contributed by atoms with Gasteiger partial charge in [-0.2, -0.15) is 0 Å². The van der Waals surface area contributed by atoms with Gasteiger partial charge in [-0.1, -0.05) is 226 Å². The Morgan fingerprint density at radius 2 is 0.750 bits per heavy atom. The number of para-hydroxylation sites is 1. The number of rotatable bonds is 4. The zero-order valence-corrected chi connectivity index (χ0v) is 43.2. The molecular formula is C71H63N. The van der Waals surface area contributed by atoms with E-state index in [1.807, 2.05) is 0 Å². The second kappa shape index (κ2) is 14.9. The lowest BCUT2D eigenvalue weighted by Gasteiger charge is -2.35. The predicted octanol–water partition coefficient (Wildman–Crippen LogP) is 18.9. The highest BCUT2D eigenvalue weighted by Gasteiger charge is 2.53. The van der Waals surface area contributed by atoms with Crippen LogP contribution in [0.25, 0.3) is 55.6 Å². The minimum atomic E-state index is -0.524. The summed E-state index contributed by atoms with van der Waals surface area (Å²) in [7, 11) is 0. The Kier molecular flexibility index (Phi) is 9.03. The topological polar surface area (TPSA) is 3.24 Å². The van der Waals surface area contributed by atoms with Crippen molar-refractivity contribution in [2.24, 2.45) is 0 Å². The van der Waals surface area contributed by atoms with E-state index in [2.05, 4.69) is 248 Å². The van der Waals surface area contributed by atoms with Gasteiger partial charge in [-0.05, 0) is 160 Å². The third-order valence-electron chi connectivity index (χ3n) is 18.1. The van der Waals surface area contributed by atoms with Crippen LogP contribution in [0.15, 0.2) is 188 Å². The average molecular weight is 930 g/mol. The first-order valence-electron chi connectivity index (χ1n) is 26.6. The second-order valence-electron chi connectivity index (χ2n) is 24.4. The number of fused-ring (bicyclic) bond motifs is 18. The minimum Gasteiger partial charge on any atom is -0.310 e. The molecule has 1 fully saturated rings. The molecule has 72 heavy (non-hydrogen) atoms. The normalized spacial score (nSPS) is 16.4. The molecule has 1 nitrogen and oxygen atoms in total. The largest absolute Gasteiger partial charge is 0.310 e. The van der Waals surface area contributed by atoms with Gasteiger partial charge in [0.15, 0.2) is 0 Å². The molecule has 5 aliphatic carbocycles. The first-order chi connectivity index (χ1) is 34.7. The van der Waals surface area contributed by atoms with Crippen LogP contribution in [0.3, 0.4) is 0 Å². The van der Waals surface area contributed by atoms with Crippen LogP contribution >= 0.6 is 0 Å². The summed E-state index contributed by atoms with van der Waals surface area (Å²) in [6.07, 6.45) is 4.89. The molecule has 0 aromatic heterocycles. The number of benzene rings is 9. The number of hydrogen-bond donors (Lipinski definition) is 0. The van der Waals surface area contributed by atoms with Gasteiger partial charge in [-0.3, -0.25) is 0 Å². The molecule has 0 N–H and O–H groups in total. The summed E-state index contributed by atoms with van der Waals surface area (Å²) in [6.45, 7) is 19.0. The first kappa shape index (κ1) is 43.6. The van der Waals surface area contributed by atoms with E-state index in [1.54, 1.807) is 0 Å². The summed E-state index contributed by atoms with van der Waals surface area (Å²) in [5.41, 5.74) is 30.3. The summed E-state index contributed by atoms with van der Waals surface area (Å²) >= 11 is 0. The molecular weight excluding hydrogens is 867 g/mol. The third-order valence-corrected chi connectivity index (χ3v) is 18.1. The summed E-state index contributed by atoms with van der Waals surface area (Å²) in [4.78, 5) is 2.64. The molecule has 9 aromatic rings. The van der Waals surface area contributed by atoms with Crippen LogP contribution in [0, 0.1) is 0 Å². The van der Waals surface area contributed by atoms with Gasteiger partial charge in [-0.25, -0.2) is 0 Å². The van der Waals surface area contributed by atoms with Crippen molar-refractivity contribution < 1.29 is 0 Å². The third kappa shape index (κ3) is 5.77. The highest BCUT2D eigenvalue weighted by Crippen LogP contribution is 2.65. The zero-order valence-electron chi connectivity index (χ0n) is 43.2. The van der Waals surface area contributed by atoms with E-state index in [0.29, 0.717) is 0 Å². The van der Waals surface area contributed by atoms with Gasteiger partial charge in [0, 0.05) is 27.8 Å². The SMILES string of the molecule is CC(C)(C)c1ccc2c(c1)C1(c3ccccc3-c3ccc(N(c4ccc5c(c4)C4(CCCC4)c4ccccc4-5)c4ccccc4-c4cccc5c4C(C)(C)c4ccccc4-5)cc31)c1cc(C(C)(C)C)ccc1-2. The maximum absolute atomic E-state index is 2.64. The van der Waals surface area contributed by atoms with Gasteiger partial charge in [0.2, 0.25) is 0 Å². The van der Waals surface area contributed by atoms with E-state index in [4.69, 9.17) is 0 Å². The Balaban J connectivity index is 1.06. The van der Waals surface area contributed by atoms with Gasteiger partial charge < -0.3 is 4.90 Å². The molecule has 0 radical (unpaired) electrons. The first-order valence-corrected chi connectivity index (χ1v) is 26.6. The van der Waals surface area contributed by atoms with Crippen molar-refractivity contribution in [2.75, 3.05) is 4.90 Å². The van der Waals surface area contributed by atoms with E-state index in [1.165, 1.54) is 154 Å². The van der Waals surface area contributed by atoms with E-state index in [-0.39, 0.29) is 21.7 Å². The molecule has 0 aliphatic heterocycles. The predicted molar refractivity (Wildman–Crippen MR) is 303 cm³/mol. The van der Waals surface area contributed by atoms with Crippen LogP contribution < -0.4 is 4.90 Å². The van der Waals surface area contributed by atoms with E-state index in [9.17, 15) is 0 Å². The average Bonchev–Trinajstić information content (AvgIpc) is 4.18. The highest BCUT2D eigenvalue weighted by molar-refractivity contribution is 5.99. The van der Waals surface area contributed by atoms with Crippen molar-refractivity contribution >= 4 is 17.1 Å². The molecule has 0 bridgehead atoms. The Bertz CT molecular complexity index is 3700. The second-order valence-corrected chi connectivity index (χ2v) is 24.4. The molecule has 352 valence electrons. The van der Waals surface area contributed by atoms with Crippen LogP contribution in [-0.2, 0) is 27.1 Å². The Morgan fingerprint density at radius 1 is 0.347 bits per heavy atom. The molecule has 0 saturated heterocycles. The van der Waals surface area contributed by atoms with Crippen LogP contribution in [0.4, 0.5) is 17.1 Å². The number of anilines is 3. The van der Waals surface area contributed by atoms with Gasteiger partial charge >= 0.3 is 0 Å². The van der Waals surface area contributed by atoms with Crippen molar-refractivity contribution in [3.63, 3.8) is 0 Å². The van der Waals surface area contributed by atoms with Crippen molar-refractivity contribution in [3.05, 3.63) is 244 Å². The van der Waals surface area contributed by atoms with Gasteiger partial charge in [0.1, 0.15) is 0 Å². The van der Waals surface area contributed by atoms with Crippen LogP contribution in [0.1, 0.15) is 137 Å². The molecule has 0 amide bonds. The van der Waals surface area contributed by atoms with E-state index < -0.39 is 5.41 Å². The van der Waals surface area contributed by atoms with Crippen LogP contribution in [-0.4, -0.2) is 0 Å². The smallest absolute Gasteiger partial charge is 0.0726 e. The summed E-state index contributed by atoms with van der Waals surface area (Å²) in [6, 6.07) is 73.8. The fourth-order valence-electron chi connectivity index (χ4n) is 14.7. The Morgan fingerprint density at radius 3 is 1.33 bits per heavy atom. The summed E-state index contributed by atoms with van der Waals surface area (Å²) < 4.78 is 0. The van der Waals surface area contributed by atoms with Gasteiger partial charge in [0.05, 0.1) is 11.1 Å². The number of hydrogen-bond acceptors (Lipinski definition) is 1. The van der Waals surface area contributed by atoms with E-state index in [0.717, 1.165) is 0 Å². The fraction of sp³-hybridized carbons (Fsp3) is 0.239.